The molecule has 0 aromatic carbocycles. The molecular weight excluding hydrogens is 164 g/mol. The number of hydrogen-bond acceptors (Lipinski definition) is 2. The van der Waals surface area contributed by atoms with Crippen LogP contribution in [0.1, 0.15) is 40.5 Å². The molecule has 2 nitrogen and oxygen atoms in total. The van der Waals surface area contributed by atoms with Crippen LogP contribution in [0.2, 0.25) is 0 Å². The molecule has 0 unspecified atom stereocenters. The van der Waals surface area contributed by atoms with Gasteiger partial charge in [-0.1, -0.05) is 27.7 Å². The normalized spacial score (nSPS) is 12.6. The third-order valence-electron chi connectivity index (χ3n) is 2.27. The van der Waals surface area contributed by atoms with Crippen LogP contribution in [0.3, 0.4) is 0 Å². The zero-order valence-electron chi connectivity index (χ0n) is 9.00. The third-order valence-corrected chi connectivity index (χ3v) is 2.27. The Bertz CT molecular complexity index is 188. The zero-order valence-corrected chi connectivity index (χ0v) is 9.00. The van der Waals surface area contributed by atoms with Crippen molar-refractivity contribution in [2.24, 2.45) is 11.8 Å². The summed E-state index contributed by atoms with van der Waals surface area (Å²) < 4.78 is 0. The van der Waals surface area contributed by atoms with Crippen molar-refractivity contribution < 1.29 is 9.90 Å². The first kappa shape index (κ1) is 12.2. The molecule has 0 rings (SSSR count). The SMILES string of the molecule is CCC(CC)C(=O)/C=C(\O)C(C)C. The fourth-order valence-electron chi connectivity index (χ4n) is 1.12. The highest BCUT2D eigenvalue weighted by Crippen LogP contribution is 2.12. The van der Waals surface area contributed by atoms with E-state index in [0.29, 0.717) is 0 Å². The van der Waals surface area contributed by atoms with Crippen LogP contribution in [0.4, 0.5) is 0 Å². The first-order chi connectivity index (χ1) is 6.02. The van der Waals surface area contributed by atoms with Gasteiger partial charge in [0.15, 0.2) is 5.78 Å². The Hall–Kier alpha value is -0.790. The van der Waals surface area contributed by atoms with Gasteiger partial charge >= 0.3 is 0 Å². The van der Waals surface area contributed by atoms with Crippen LogP contribution in [0, 0.1) is 11.8 Å². The van der Waals surface area contributed by atoms with Crippen molar-refractivity contribution >= 4 is 5.78 Å². The monoisotopic (exact) mass is 184 g/mol. The molecule has 0 aliphatic carbocycles. The lowest BCUT2D eigenvalue weighted by molar-refractivity contribution is -0.118. The maximum atomic E-state index is 11.5. The first-order valence-corrected chi connectivity index (χ1v) is 4.97. The van der Waals surface area contributed by atoms with Crippen molar-refractivity contribution in [3.63, 3.8) is 0 Å². The highest BCUT2D eigenvalue weighted by molar-refractivity contribution is 5.92. The molecule has 0 saturated heterocycles. The lowest BCUT2D eigenvalue weighted by Crippen LogP contribution is -2.11. The van der Waals surface area contributed by atoms with E-state index in [4.69, 9.17) is 0 Å². The van der Waals surface area contributed by atoms with E-state index >= 15 is 0 Å². The summed E-state index contributed by atoms with van der Waals surface area (Å²) in [5, 5.41) is 9.38. The predicted octanol–water partition coefficient (Wildman–Crippen LogP) is 3.09. The van der Waals surface area contributed by atoms with Crippen LogP contribution in [-0.4, -0.2) is 10.9 Å². The van der Waals surface area contributed by atoms with Gasteiger partial charge in [-0.3, -0.25) is 4.79 Å². The molecule has 0 aromatic heterocycles. The molecule has 1 N–H and O–H groups in total. The van der Waals surface area contributed by atoms with Crippen LogP contribution in [0.5, 0.6) is 0 Å². The van der Waals surface area contributed by atoms with Gasteiger partial charge in [0.1, 0.15) is 0 Å². The Kier molecular flexibility index (Phi) is 5.44. The quantitative estimate of drug-likeness (QED) is 0.526. The molecule has 0 saturated carbocycles. The molecule has 0 radical (unpaired) electrons. The summed E-state index contributed by atoms with van der Waals surface area (Å²) in [5.74, 6) is 0.354. The Labute approximate surface area is 80.7 Å². The van der Waals surface area contributed by atoms with Gasteiger partial charge in [0.05, 0.1) is 5.76 Å². The van der Waals surface area contributed by atoms with Crippen LogP contribution < -0.4 is 0 Å². The van der Waals surface area contributed by atoms with Gasteiger partial charge in [-0.05, 0) is 12.8 Å². The lowest BCUT2D eigenvalue weighted by atomic mass is 9.96. The Morgan fingerprint density at radius 2 is 1.77 bits per heavy atom. The molecule has 76 valence electrons. The Morgan fingerprint density at radius 1 is 1.31 bits per heavy atom. The molecule has 2 heteroatoms. The molecular formula is C11H20O2. The number of hydrogen-bond donors (Lipinski definition) is 1. The van der Waals surface area contributed by atoms with E-state index in [0.717, 1.165) is 12.8 Å². The fraction of sp³-hybridized carbons (Fsp3) is 0.727. The second-order valence-electron chi connectivity index (χ2n) is 3.64. The maximum absolute atomic E-state index is 11.5. The third kappa shape index (κ3) is 4.11. The largest absolute Gasteiger partial charge is 0.512 e. The molecule has 0 atom stereocenters. The highest BCUT2D eigenvalue weighted by atomic mass is 16.3. The number of rotatable bonds is 5. The molecule has 0 spiro atoms. The summed E-state index contributed by atoms with van der Waals surface area (Å²) in [7, 11) is 0. The van der Waals surface area contributed by atoms with E-state index in [1.807, 2.05) is 27.7 Å². The zero-order chi connectivity index (χ0) is 10.4. The standard InChI is InChI=1S/C11H20O2/c1-5-9(6-2)11(13)7-10(12)8(3)4/h7-9,12H,5-6H2,1-4H3/b10-7-. The Morgan fingerprint density at radius 3 is 2.08 bits per heavy atom. The van der Waals surface area contributed by atoms with E-state index in [1.165, 1.54) is 6.08 Å². The summed E-state index contributed by atoms with van der Waals surface area (Å²) in [6.45, 7) is 7.72. The van der Waals surface area contributed by atoms with Crippen molar-refractivity contribution in [3.05, 3.63) is 11.8 Å². The van der Waals surface area contributed by atoms with Gasteiger partial charge in [-0.25, -0.2) is 0 Å². The van der Waals surface area contributed by atoms with Crippen molar-refractivity contribution in [2.45, 2.75) is 40.5 Å². The van der Waals surface area contributed by atoms with Crippen molar-refractivity contribution in [1.82, 2.24) is 0 Å². The minimum absolute atomic E-state index is 0.0401. The number of allylic oxidation sites excluding steroid dienone is 2. The van der Waals surface area contributed by atoms with Gasteiger partial charge in [-0.15, -0.1) is 0 Å². The number of aliphatic hydroxyl groups excluding tert-OH is 1. The highest BCUT2D eigenvalue weighted by Gasteiger charge is 2.13. The summed E-state index contributed by atoms with van der Waals surface area (Å²) in [6, 6.07) is 0. The van der Waals surface area contributed by atoms with E-state index in [9.17, 15) is 9.90 Å². The minimum Gasteiger partial charge on any atom is -0.512 e. The molecule has 0 fully saturated rings. The van der Waals surface area contributed by atoms with E-state index < -0.39 is 0 Å². The number of carbonyl (C=O) groups is 1. The fourth-order valence-corrected chi connectivity index (χ4v) is 1.12. The van der Waals surface area contributed by atoms with Crippen LogP contribution >= 0.6 is 0 Å². The van der Waals surface area contributed by atoms with Gasteiger partial charge in [0, 0.05) is 17.9 Å². The number of aliphatic hydroxyl groups is 1. The topological polar surface area (TPSA) is 37.3 Å². The molecule has 0 heterocycles. The maximum Gasteiger partial charge on any atom is 0.162 e. The van der Waals surface area contributed by atoms with Gasteiger partial charge in [0.25, 0.3) is 0 Å². The number of carbonyl (C=O) groups excluding carboxylic acids is 1. The minimum atomic E-state index is 0.0401. The average Bonchev–Trinajstić information content (AvgIpc) is 2.06. The summed E-state index contributed by atoms with van der Waals surface area (Å²) in [5.41, 5.74) is 0. The van der Waals surface area contributed by atoms with E-state index in [1.54, 1.807) is 0 Å². The van der Waals surface area contributed by atoms with E-state index in [2.05, 4.69) is 0 Å². The smallest absolute Gasteiger partial charge is 0.162 e. The average molecular weight is 184 g/mol. The predicted molar refractivity (Wildman–Crippen MR) is 54.6 cm³/mol. The van der Waals surface area contributed by atoms with Crippen LogP contribution in [-0.2, 0) is 4.79 Å². The second-order valence-corrected chi connectivity index (χ2v) is 3.64. The van der Waals surface area contributed by atoms with Crippen molar-refractivity contribution in [1.29, 1.82) is 0 Å². The molecule has 0 aliphatic rings. The van der Waals surface area contributed by atoms with Crippen LogP contribution in [0.25, 0.3) is 0 Å². The number of ketones is 1. The summed E-state index contributed by atoms with van der Waals surface area (Å²) >= 11 is 0. The molecule has 0 amide bonds. The summed E-state index contributed by atoms with van der Waals surface area (Å²) in [6.07, 6.45) is 3.07. The van der Waals surface area contributed by atoms with Crippen molar-refractivity contribution in [3.8, 4) is 0 Å². The van der Waals surface area contributed by atoms with Gasteiger partial charge in [-0.2, -0.15) is 0 Å². The Balaban J connectivity index is 4.35. The van der Waals surface area contributed by atoms with Gasteiger partial charge in [0.2, 0.25) is 0 Å². The molecule has 0 bridgehead atoms. The lowest BCUT2D eigenvalue weighted by Gasteiger charge is -2.09. The van der Waals surface area contributed by atoms with Crippen molar-refractivity contribution in [2.75, 3.05) is 0 Å². The van der Waals surface area contributed by atoms with Gasteiger partial charge < -0.3 is 5.11 Å². The molecule has 13 heavy (non-hydrogen) atoms. The molecule has 0 aromatic rings. The van der Waals surface area contributed by atoms with Crippen LogP contribution in [0.15, 0.2) is 11.8 Å². The second kappa shape index (κ2) is 5.79. The first-order valence-electron chi connectivity index (χ1n) is 4.97. The molecule has 0 aliphatic heterocycles. The van der Waals surface area contributed by atoms with E-state index in [-0.39, 0.29) is 23.4 Å². The summed E-state index contributed by atoms with van der Waals surface area (Å²) in [4.78, 5) is 11.5.